The normalized spacial score (nSPS) is 16.5. The summed E-state index contributed by atoms with van der Waals surface area (Å²) < 4.78 is 12.3. The molecule has 7 nitrogen and oxygen atoms in total. The van der Waals surface area contributed by atoms with E-state index >= 15 is 0 Å². The molecule has 1 aromatic carbocycles. The summed E-state index contributed by atoms with van der Waals surface area (Å²) in [7, 11) is 0. The van der Waals surface area contributed by atoms with E-state index in [1.807, 2.05) is 39.0 Å². The smallest absolute Gasteiger partial charge is 0.421 e. The first-order valence-electron chi connectivity index (χ1n) is 8.12. The Labute approximate surface area is 140 Å². The first kappa shape index (κ1) is 16.6. The SMILES string of the molecule is CC(C)(C)OC(=O)N1CCN(Cn2c(=O)oc3ccccc32)CC1. The molecule has 0 atom stereocenters. The van der Waals surface area contributed by atoms with Gasteiger partial charge < -0.3 is 14.1 Å². The Hall–Kier alpha value is -2.28. The van der Waals surface area contributed by atoms with E-state index in [-0.39, 0.29) is 11.8 Å². The number of nitrogens with zero attached hydrogens (tertiary/aromatic N) is 3. The van der Waals surface area contributed by atoms with Gasteiger partial charge in [0.1, 0.15) is 5.60 Å². The second-order valence-electron chi connectivity index (χ2n) is 6.99. The van der Waals surface area contributed by atoms with Crippen LogP contribution in [0, 0.1) is 0 Å². The predicted octanol–water partition coefficient (Wildman–Crippen LogP) is 2.10. The third kappa shape index (κ3) is 3.62. The molecule has 1 saturated heterocycles. The summed E-state index contributed by atoms with van der Waals surface area (Å²) in [6.45, 7) is 8.57. The van der Waals surface area contributed by atoms with Crippen LogP contribution >= 0.6 is 0 Å². The Kier molecular flexibility index (Phi) is 4.36. The van der Waals surface area contributed by atoms with Crippen molar-refractivity contribution in [3.63, 3.8) is 0 Å². The number of carbonyl (C=O) groups is 1. The van der Waals surface area contributed by atoms with Crippen molar-refractivity contribution >= 4 is 17.2 Å². The molecule has 1 fully saturated rings. The zero-order chi connectivity index (χ0) is 17.3. The van der Waals surface area contributed by atoms with E-state index in [4.69, 9.17) is 9.15 Å². The van der Waals surface area contributed by atoms with E-state index < -0.39 is 5.60 Å². The molecular weight excluding hydrogens is 310 g/mol. The van der Waals surface area contributed by atoms with Crippen LogP contribution in [0.15, 0.2) is 33.5 Å². The summed E-state index contributed by atoms with van der Waals surface area (Å²) in [6, 6.07) is 7.38. The van der Waals surface area contributed by atoms with Crippen LogP contribution in [0.3, 0.4) is 0 Å². The molecule has 0 bridgehead atoms. The lowest BCUT2D eigenvalue weighted by molar-refractivity contribution is 0.0117. The molecule has 1 aliphatic heterocycles. The zero-order valence-electron chi connectivity index (χ0n) is 14.3. The second-order valence-corrected chi connectivity index (χ2v) is 6.99. The van der Waals surface area contributed by atoms with Gasteiger partial charge in [0, 0.05) is 26.2 Å². The lowest BCUT2D eigenvalue weighted by Crippen LogP contribution is -2.50. The van der Waals surface area contributed by atoms with Gasteiger partial charge in [-0.15, -0.1) is 0 Å². The van der Waals surface area contributed by atoms with E-state index in [0.717, 1.165) is 5.52 Å². The number of rotatable bonds is 2. The predicted molar refractivity (Wildman–Crippen MR) is 89.9 cm³/mol. The van der Waals surface area contributed by atoms with Crippen molar-refractivity contribution in [1.82, 2.24) is 14.4 Å². The summed E-state index contributed by atoms with van der Waals surface area (Å²) in [5.74, 6) is -0.356. The summed E-state index contributed by atoms with van der Waals surface area (Å²) in [5, 5.41) is 0. The molecule has 24 heavy (non-hydrogen) atoms. The van der Waals surface area contributed by atoms with Gasteiger partial charge in [-0.1, -0.05) is 12.1 Å². The summed E-state index contributed by atoms with van der Waals surface area (Å²) >= 11 is 0. The molecule has 0 N–H and O–H groups in total. The molecule has 0 saturated carbocycles. The molecule has 0 spiro atoms. The van der Waals surface area contributed by atoms with Crippen molar-refractivity contribution in [2.24, 2.45) is 0 Å². The van der Waals surface area contributed by atoms with E-state index in [0.29, 0.717) is 38.4 Å². The molecule has 1 aliphatic rings. The van der Waals surface area contributed by atoms with E-state index in [1.165, 1.54) is 0 Å². The summed E-state index contributed by atoms with van der Waals surface area (Å²) in [5.41, 5.74) is 0.893. The van der Waals surface area contributed by atoms with Crippen LogP contribution in [-0.2, 0) is 11.4 Å². The fourth-order valence-electron chi connectivity index (χ4n) is 2.75. The topological polar surface area (TPSA) is 67.9 Å². The summed E-state index contributed by atoms with van der Waals surface area (Å²) in [6.07, 6.45) is -0.284. The number of hydrogen-bond acceptors (Lipinski definition) is 5. The minimum atomic E-state index is -0.489. The fraction of sp³-hybridized carbons (Fsp3) is 0.529. The molecule has 3 rings (SSSR count). The molecule has 1 aromatic heterocycles. The third-order valence-electron chi connectivity index (χ3n) is 3.94. The third-order valence-corrected chi connectivity index (χ3v) is 3.94. The number of oxazole rings is 1. The highest BCUT2D eigenvalue weighted by Crippen LogP contribution is 2.14. The van der Waals surface area contributed by atoms with Gasteiger partial charge in [-0.2, -0.15) is 0 Å². The average Bonchev–Trinajstić information content (AvgIpc) is 2.82. The Balaban J connectivity index is 1.62. The number of fused-ring (bicyclic) bond motifs is 1. The maximum atomic E-state index is 12.1. The van der Waals surface area contributed by atoms with Crippen molar-refractivity contribution in [3.8, 4) is 0 Å². The fourth-order valence-corrected chi connectivity index (χ4v) is 2.75. The Bertz CT molecular complexity index is 779. The van der Waals surface area contributed by atoms with Crippen LogP contribution in [0.2, 0.25) is 0 Å². The van der Waals surface area contributed by atoms with Gasteiger partial charge >= 0.3 is 11.8 Å². The Morgan fingerprint density at radius 2 is 1.83 bits per heavy atom. The Morgan fingerprint density at radius 3 is 2.50 bits per heavy atom. The van der Waals surface area contributed by atoms with Crippen LogP contribution in [0.4, 0.5) is 4.79 Å². The van der Waals surface area contributed by atoms with Crippen LogP contribution in [0.25, 0.3) is 11.1 Å². The molecular formula is C17H23N3O4. The average molecular weight is 333 g/mol. The lowest BCUT2D eigenvalue weighted by atomic mass is 10.2. The maximum Gasteiger partial charge on any atom is 0.421 e. The van der Waals surface area contributed by atoms with Crippen molar-refractivity contribution < 1.29 is 13.9 Å². The number of para-hydroxylation sites is 2. The number of aromatic nitrogens is 1. The highest BCUT2D eigenvalue weighted by atomic mass is 16.6. The molecule has 0 aliphatic carbocycles. The monoisotopic (exact) mass is 333 g/mol. The number of piperazine rings is 1. The molecule has 2 heterocycles. The number of carbonyl (C=O) groups excluding carboxylic acids is 1. The maximum absolute atomic E-state index is 12.1. The number of amides is 1. The first-order valence-corrected chi connectivity index (χ1v) is 8.12. The van der Waals surface area contributed by atoms with Gasteiger partial charge in [0.25, 0.3) is 0 Å². The standard InChI is InChI=1S/C17H23N3O4/c1-17(2,3)24-15(21)19-10-8-18(9-11-19)12-20-13-6-4-5-7-14(13)23-16(20)22/h4-7H,8-12H2,1-3H3. The number of ether oxygens (including phenoxy) is 1. The van der Waals surface area contributed by atoms with E-state index in [1.54, 1.807) is 15.5 Å². The van der Waals surface area contributed by atoms with Crippen LogP contribution in [0.1, 0.15) is 20.8 Å². The van der Waals surface area contributed by atoms with Crippen molar-refractivity contribution in [2.75, 3.05) is 26.2 Å². The minimum Gasteiger partial charge on any atom is -0.444 e. The molecule has 0 unspecified atom stereocenters. The lowest BCUT2D eigenvalue weighted by Gasteiger charge is -2.35. The zero-order valence-corrected chi connectivity index (χ0v) is 14.3. The highest BCUT2D eigenvalue weighted by molar-refractivity contribution is 5.72. The van der Waals surface area contributed by atoms with Crippen LogP contribution in [-0.4, -0.2) is 52.2 Å². The molecule has 130 valence electrons. The van der Waals surface area contributed by atoms with Gasteiger partial charge in [-0.25, -0.2) is 9.59 Å². The number of benzene rings is 1. The first-order chi connectivity index (χ1) is 11.3. The molecule has 1 amide bonds. The van der Waals surface area contributed by atoms with Gasteiger partial charge in [0.15, 0.2) is 5.58 Å². The second kappa shape index (κ2) is 6.32. The van der Waals surface area contributed by atoms with Gasteiger partial charge in [0.2, 0.25) is 0 Å². The quantitative estimate of drug-likeness (QED) is 0.842. The largest absolute Gasteiger partial charge is 0.444 e. The Morgan fingerprint density at radius 1 is 1.17 bits per heavy atom. The molecule has 0 radical (unpaired) electrons. The minimum absolute atomic E-state index is 0.284. The van der Waals surface area contributed by atoms with Crippen molar-refractivity contribution in [2.45, 2.75) is 33.0 Å². The van der Waals surface area contributed by atoms with Crippen molar-refractivity contribution in [1.29, 1.82) is 0 Å². The van der Waals surface area contributed by atoms with Crippen LogP contribution in [0.5, 0.6) is 0 Å². The molecule has 2 aromatic rings. The van der Waals surface area contributed by atoms with E-state index in [2.05, 4.69) is 4.90 Å². The molecule has 7 heteroatoms. The van der Waals surface area contributed by atoms with Gasteiger partial charge in [-0.05, 0) is 32.9 Å². The van der Waals surface area contributed by atoms with Crippen LogP contribution < -0.4 is 5.76 Å². The van der Waals surface area contributed by atoms with Gasteiger partial charge in [0.05, 0.1) is 12.2 Å². The van der Waals surface area contributed by atoms with E-state index in [9.17, 15) is 9.59 Å². The van der Waals surface area contributed by atoms with Crippen molar-refractivity contribution in [3.05, 3.63) is 34.8 Å². The summed E-state index contributed by atoms with van der Waals surface area (Å²) in [4.78, 5) is 27.9. The highest BCUT2D eigenvalue weighted by Gasteiger charge is 2.26. The number of hydrogen-bond donors (Lipinski definition) is 0. The van der Waals surface area contributed by atoms with Gasteiger partial charge in [-0.3, -0.25) is 9.47 Å².